The summed E-state index contributed by atoms with van der Waals surface area (Å²) in [6, 6.07) is 14.7. The van der Waals surface area contributed by atoms with Crippen LogP contribution >= 0.6 is 24.2 Å². The number of aromatic nitrogens is 4. The molecule has 0 bridgehead atoms. The van der Waals surface area contributed by atoms with Crippen LogP contribution in [-0.2, 0) is 22.9 Å². The Morgan fingerprint density at radius 2 is 1.80 bits per heavy atom. The summed E-state index contributed by atoms with van der Waals surface area (Å²) < 4.78 is 30.2. The van der Waals surface area contributed by atoms with Gasteiger partial charge in [-0.15, -0.1) is 24.2 Å². The Labute approximate surface area is 213 Å². The number of imidazole rings is 1. The molecule has 0 saturated carbocycles. The Hall–Kier alpha value is -2.82. The molecular weight excluding hydrogens is 508 g/mol. The maximum absolute atomic E-state index is 13.4. The lowest BCUT2D eigenvalue weighted by atomic mass is 10.1. The van der Waals surface area contributed by atoms with E-state index in [1.54, 1.807) is 48.3 Å². The smallest absolute Gasteiger partial charge is 0.294 e. The first kappa shape index (κ1) is 25.3. The number of fused-ring (bicyclic) bond motifs is 2. The number of halogens is 1. The summed E-state index contributed by atoms with van der Waals surface area (Å²) in [5, 5.41) is 0.942. The predicted molar refractivity (Wildman–Crippen MR) is 139 cm³/mol. The van der Waals surface area contributed by atoms with Gasteiger partial charge in [0.2, 0.25) is 0 Å². The highest BCUT2D eigenvalue weighted by Gasteiger charge is 2.32. The third kappa shape index (κ3) is 4.82. The van der Waals surface area contributed by atoms with Crippen LogP contribution in [0.25, 0.3) is 16.8 Å². The van der Waals surface area contributed by atoms with E-state index in [9.17, 15) is 18.0 Å². The Bertz CT molecular complexity index is 1580. The highest BCUT2D eigenvalue weighted by molar-refractivity contribution is 7.99. The molecule has 0 atom stereocenters. The second-order valence-electron chi connectivity index (χ2n) is 8.18. The first-order chi connectivity index (χ1) is 16.5. The lowest BCUT2D eigenvalue weighted by Crippen LogP contribution is -2.45. The van der Waals surface area contributed by atoms with E-state index in [1.165, 1.54) is 9.13 Å². The maximum atomic E-state index is 13.4. The summed E-state index contributed by atoms with van der Waals surface area (Å²) in [5.41, 5.74) is 0.421. The molecule has 0 spiro atoms. The van der Waals surface area contributed by atoms with Gasteiger partial charge >= 0.3 is 5.69 Å². The molecule has 8 nitrogen and oxygen atoms in total. The summed E-state index contributed by atoms with van der Waals surface area (Å²) in [6.45, 7) is 0.534. The van der Waals surface area contributed by atoms with Gasteiger partial charge in [0.1, 0.15) is 5.65 Å². The Morgan fingerprint density at radius 1 is 1.00 bits per heavy atom. The van der Waals surface area contributed by atoms with E-state index >= 15 is 0 Å². The third-order valence-corrected chi connectivity index (χ3v) is 8.91. The molecular formula is C24H25ClN4O4S2. The lowest BCUT2D eigenvalue weighted by Gasteiger charge is -2.23. The zero-order chi connectivity index (χ0) is 23.7. The highest BCUT2D eigenvalue weighted by atomic mass is 35.5. The van der Waals surface area contributed by atoms with E-state index in [4.69, 9.17) is 0 Å². The van der Waals surface area contributed by atoms with Crippen LogP contribution in [0.2, 0.25) is 0 Å². The zero-order valence-corrected chi connectivity index (χ0v) is 21.3. The largest absolute Gasteiger partial charge is 0.332 e. The van der Waals surface area contributed by atoms with Crippen molar-refractivity contribution in [2.75, 3.05) is 11.5 Å². The fourth-order valence-corrected chi connectivity index (χ4v) is 7.10. The summed E-state index contributed by atoms with van der Waals surface area (Å²) in [7, 11) is -3.72. The average Bonchev–Trinajstić information content (AvgIpc) is 3.32. The third-order valence-electron chi connectivity index (χ3n) is 5.95. The molecule has 0 unspecified atom stereocenters. The van der Waals surface area contributed by atoms with E-state index in [-0.39, 0.29) is 41.8 Å². The van der Waals surface area contributed by atoms with E-state index in [1.807, 2.05) is 28.8 Å². The van der Waals surface area contributed by atoms with Gasteiger partial charge in [-0.2, -0.15) is 0 Å². The molecule has 35 heavy (non-hydrogen) atoms. The van der Waals surface area contributed by atoms with E-state index < -0.39 is 21.1 Å². The average molecular weight is 533 g/mol. The van der Waals surface area contributed by atoms with Gasteiger partial charge in [-0.3, -0.25) is 18.3 Å². The van der Waals surface area contributed by atoms with E-state index in [0.29, 0.717) is 18.4 Å². The second kappa shape index (κ2) is 10.4. The van der Waals surface area contributed by atoms with Crippen molar-refractivity contribution < 1.29 is 8.42 Å². The number of hydrogen-bond acceptors (Lipinski definition) is 6. The molecule has 0 saturated heterocycles. The van der Waals surface area contributed by atoms with Gasteiger partial charge in [-0.05, 0) is 42.7 Å². The molecule has 0 amide bonds. The molecule has 1 aromatic carbocycles. The SMILES string of the molecule is Cl.O=c1c(-c2ccccc2)c2n(c(=O)n1CCCCSc1cccc3nccn13)CCCS2(=O)=O. The van der Waals surface area contributed by atoms with Gasteiger partial charge in [0.25, 0.3) is 5.56 Å². The molecule has 4 aromatic rings. The number of nitrogens with zero attached hydrogens (tertiary/aromatic N) is 4. The number of rotatable bonds is 7. The topological polar surface area (TPSA) is 95.4 Å². The minimum absolute atomic E-state index is 0. The maximum Gasteiger partial charge on any atom is 0.332 e. The van der Waals surface area contributed by atoms with Crippen LogP contribution in [0.15, 0.2) is 80.6 Å². The van der Waals surface area contributed by atoms with Crippen LogP contribution in [0.1, 0.15) is 19.3 Å². The van der Waals surface area contributed by atoms with Crippen LogP contribution in [0.5, 0.6) is 0 Å². The van der Waals surface area contributed by atoms with Crippen LogP contribution in [0, 0.1) is 0 Å². The van der Waals surface area contributed by atoms with Gasteiger partial charge in [0.05, 0.1) is 16.3 Å². The van der Waals surface area contributed by atoms with Crippen molar-refractivity contribution in [3.05, 3.63) is 81.8 Å². The molecule has 4 heterocycles. The number of sulfone groups is 1. The Kier molecular flexibility index (Phi) is 7.53. The highest BCUT2D eigenvalue weighted by Crippen LogP contribution is 2.27. The first-order valence-electron chi connectivity index (χ1n) is 11.2. The molecule has 5 rings (SSSR count). The molecule has 3 aromatic heterocycles. The summed E-state index contributed by atoms with van der Waals surface area (Å²) >= 11 is 1.69. The second-order valence-corrected chi connectivity index (χ2v) is 11.3. The standard InChI is InChI=1S/C24H24N4O4S2.ClH/c29-22-21(18-8-2-1-3-9-18)23-28(14-7-17-34(23,31)32)24(30)27(22)13-4-5-16-33-20-11-6-10-19-25-12-15-26(19)20;/h1-3,6,8-12,15H,4-5,7,13-14,16-17H2;1H. The van der Waals surface area contributed by atoms with Crippen molar-refractivity contribution in [3.63, 3.8) is 0 Å². The summed E-state index contributed by atoms with van der Waals surface area (Å²) in [5.74, 6) is 0.759. The van der Waals surface area contributed by atoms with Gasteiger partial charge in [-0.1, -0.05) is 36.4 Å². The molecule has 0 fully saturated rings. The van der Waals surface area contributed by atoms with Crippen molar-refractivity contribution >= 4 is 39.7 Å². The molecule has 1 aliphatic heterocycles. The molecule has 11 heteroatoms. The van der Waals surface area contributed by atoms with E-state index in [0.717, 1.165) is 22.8 Å². The minimum Gasteiger partial charge on any atom is -0.294 e. The van der Waals surface area contributed by atoms with Crippen LogP contribution in [0.4, 0.5) is 0 Å². The molecule has 0 aliphatic carbocycles. The zero-order valence-electron chi connectivity index (χ0n) is 18.9. The molecule has 0 N–H and O–H groups in total. The van der Waals surface area contributed by atoms with Crippen molar-refractivity contribution in [1.29, 1.82) is 0 Å². The normalized spacial score (nSPS) is 14.4. The quantitative estimate of drug-likeness (QED) is 0.205. The van der Waals surface area contributed by atoms with Crippen molar-refractivity contribution in [3.8, 4) is 11.1 Å². The summed E-state index contributed by atoms with van der Waals surface area (Å²) in [6.07, 6.45) is 5.47. The summed E-state index contributed by atoms with van der Waals surface area (Å²) in [4.78, 5) is 30.9. The fourth-order valence-electron chi connectivity index (χ4n) is 4.35. The van der Waals surface area contributed by atoms with Gasteiger partial charge in [-0.25, -0.2) is 18.2 Å². The number of benzene rings is 1. The van der Waals surface area contributed by atoms with Gasteiger partial charge in [0.15, 0.2) is 14.9 Å². The molecule has 184 valence electrons. The number of thioether (sulfide) groups is 1. The van der Waals surface area contributed by atoms with Crippen molar-refractivity contribution in [1.82, 2.24) is 18.5 Å². The molecule has 0 radical (unpaired) electrons. The number of pyridine rings is 1. The predicted octanol–water partition coefficient (Wildman–Crippen LogP) is 3.50. The Morgan fingerprint density at radius 3 is 2.60 bits per heavy atom. The lowest BCUT2D eigenvalue weighted by molar-refractivity contribution is 0.474. The Balaban J connectivity index is 0.00000289. The molecule has 1 aliphatic rings. The van der Waals surface area contributed by atoms with Crippen LogP contribution < -0.4 is 11.2 Å². The van der Waals surface area contributed by atoms with Crippen LogP contribution in [0.3, 0.4) is 0 Å². The fraction of sp³-hybridized carbons (Fsp3) is 0.292. The number of unbranched alkanes of at least 4 members (excludes halogenated alkanes) is 1. The van der Waals surface area contributed by atoms with Gasteiger partial charge < -0.3 is 0 Å². The first-order valence-corrected chi connectivity index (χ1v) is 13.8. The van der Waals surface area contributed by atoms with Crippen molar-refractivity contribution in [2.45, 2.75) is 42.4 Å². The van der Waals surface area contributed by atoms with Gasteiger partial charge in [0, 0.05) is 25.5 Å². The van der Waals surface area contributed by atoms with E-state index in [2.05, 4.69) is 4.98 Å². The monoisotopic (exact) mass is 532 g/mol. The minimum atomic E-state index is -3.72. The van der Waals surface area contributed by atoms with Crippen LogP contribution in [-0.4, -0.2) is 38.4 Å². The van der Waals surface area contributed by atoms with Crippen molar-refractivity contribution in [2.24, 2.45) is 0 Å². The number of hydrogen-bond donors (Lipinski definition) is 0.